The number of nitrogens with zero attached hydrogens (tertiary/aromatic N) is 5. The van der Waals surface area contributed by atoms with Gasteiger partial charge < -0.3 is 18.9 Å². The van der Waals surface area contributed by atoms with Gasteiger partial charge in [-0.1, -0.05) is 40.2 Å². The van der Waals surface area contributed by atoms with Crippen molar-refractivity contribution in [2.75, 3.05) is 26.3 Å². The van der Waals surface area contributed by atoms with Crippen LogP contribution in [0.4, 0.5) is 0 Å². The molecule has 1 amide bonds. The van der Waals surface area contributed by atoms with Crippen molar-refractivity contribution in [2.45, 2.75) is 20.1 Å². The van der Waals surface area contributed by atoms with Gasteiger partial charge in [-0.2, -0.15) is 0 Å². The highest BCUT2D eigenvalue weighted by Gasteiger charge is 2.25. The Labute approximate surface area is 182 Å². The minimum atomic E-state index is -0.618. The zero-order valence-corrected chi connectivity index (χ0v) is 17.5. The van der Waals surface area contributed by atoms with Gasteiger partial charge >= 0.3 is 5.97 Å². The summed E-state index contributed by atoms with van der Waals surface area (Å²) in [7, 11) is 0. The van der Waals surface area contributed by atoms with Gasteiger partial charge in [-0.05, 0) is 13.0 Å². The van der Waals surface area contributed by atoms with Crippen molar-refractivity contribution in [1.29, 1.82) is 0 Å². The van der Waals surface area contributed by atoms with Crippen LogP contribution in [0, 0.1) is 6.92 Å². The van der Waals surface area contributed by atoms with Crippen LogP contribution in [0.2, 0.25) is 5.02 Å². The SMILES string of the molecule is Cc1onc(-c2ccccc2Cl)c1C(=O)OCc1cn(CC(=O)N2CCOCC2)nn1. The van der Waals surface area contributed by atoms with Crippen LogP contribution in [0.5, 0.6) is 0 Å². The molecule has 0 radical (unpaired) electrons. The molecule has 0 unspecified atom stereocenters. The lowest BCUT2D eigenvalue weighted by molar-refractivity contribution is -0.136. The van der Waals surface area contributed by atoms with Gasteiger partial charge in [0, 0.05) is 18.7 Å². The Kier molecular flexibility index (Phi) is 6.28. The molecule has 4 rings (SSSR count). The third kappa shape index (κ3) is 4.75. The van der Waals surface area contributed by atoms with E-state index in [1.807, 2.05) is 0 Å². The van der Waals surface area contributed by atoms with Crippen LogP contribution >= 0.6 is 11.6 Å². The molecule has 1 aliphatic heterocycles. The van der Waals surface area contributed by atoms with Crippen LogP contribution in [0.15, 0.2) is 35.0 Å². The molecule has 0 aliphatic carbocycles. The fourth-order valence-corrected chi connectivity index (χ4v) is 3.42. The number of carbonyl (C=O) groups is 2. The molecule has 162 valence electrons. The summed E-state index contributed by atoms with van der Waals surface area (Å²) in [6.45, 7) is 3.75. The van der Waals surface area contributed by atoms with Crippen molar-refractivity contribution in [1.82, 2.24) is 25.1 Å². The molecule has 11 heteroatoms. The predicted octanol–water partition coefficient (Wildman–Crippen LogP) is 2.11. The molecule has 0 atom stereocenters. The number of esters is 1. The fraction of sp³-hybridized carbons (Fsp3) is 0.350. The Bertz CT molecular complexity index is 1090. The molecule has 0 saturated carbocycles. The molecule has 3 aromatic rings. The molecule has 2 aromatic heterocycles. The quantitative estimate of drug-likeness (QED) is 0.530. The Hall–Kier alpha value is -3.24. The molecule has 1 aliphatic rings. The molecule has 31 heavy (non-hydrogen) atoms. The standard InChI is InChI=1S/C20H20ClN5O5/c1-13-18(19(23-31-13)15-4-2-3-5-16(15)21)20(28)30-12-14-10-26(24-22-14)11-17(27)25-6-8-29-9-7-25/h2-5,10H,6-9,11-12H2,1H3. The largest absolute Gasteiger partial charge is 0.455 e. The van der Waals surface area contributed by atoms with E-state index in [4.69, 9.17) is 25.6 Å². The van der Waals surface area contributed by atoms with Gasteiger partial charge in [0.05, 0.1) is 24.4 Å². The highest BCUT2D eigenvalue weighted by molar-refractivity contribution is 6.33. The lowest BCUT2D eigenvalue weighted by Crippen LogP contribution is -2.42. The van der Waals surface area contributed by atoms with E-state index >= 15 is 0 Å². The average molecular weight is 446 g/mol. The number of benzene rings is 1. The Morgan fingerprint density at radius 2 is 2.00 bits per heavy atom. The number of rotatable bonds is 6. The Morgan fingerprint density at radius 1 is 1.23 bits per heavy atom. The first-order chi connectivity index (χ1) is 15.0. The average Bonchev–Trinajstić information content (AvgIpc) is 3.39. The molecule has 0 N–H and O–H groups in total. The van der Waals surface area contributed by atoms with Crippen molar-refractivity contribution >= 4 is 23.5 Å². The number of halogens is 1. The second kappa shape index (κ2) is 9.27. The van der Waals surface area contributed by atoms with E-state index in [1.54, 1.807) is 42.3 Å². The number of morpholine rings is 1. The van der Waals surface area contributed by atoms with Crippen LogP contribution in [0.3, 0.4) is 0 Å². The van der Waals surface area contributed by atoms with Gasteiger partial charge in [0.25, 0.3) is 0 Å². The van der Waals surface area contributed by atoms with E-state index in [-0.39, 0.29) is 24.6 Å². The minimum absolute atomic E-state index is 0.0579. The van der Waals surface area contributed by atoms with Gasteiger partial charge in [-0.3, -0.25) is 4.79 Å². The third-order valence-electron chi connectivity index (χ3n) is 4.79. The summed E-state index contributed by atoms with van der Waals surface area (Å²) in [6.07, 6.45) is 1.57. The number of carbonyl (C=O) groups excluding carboxylic acids is 2. The second-order valence-corrected chi connectivity index (χ2v) is 7.33. The van der Waals surface area contributed by atoms with Crippen LogP contribution in [0.25, 0.3) is 11.3 Å². The third-order valence-corrected chi connectivity index (χ3v) is 5.12. The molecular weight excluding hydrogens is 426 g/mol. The first-order valence-electron chi connectivity index (χ1n) is 9.65. The molecule has 0 spiro atoms. The topological polar surface area (TPSA) is 113 Å². The van der Waals surface area contributed by atoms with Gasteiger partial charge in [-0.25, -0.2) is 9.48 Å². The monoisotopic (exact) mass is 445 g/mol. The van der Waals surface area contributed by atoms with Crippen molar-refractivity contribution in [3.63, 3.8) is 0 Å². The highest BCUT2D eigenvalue weighted by atomic mass is 35.5. The highest BCUT2D eigenvalue weighted by Crippen LogP contribution is 2.31. The fourth-order valence-electron chi connectivity index (χ4n) is 3.19. The van der Waals surface area contributed by atoms with E-state index in [2.05, 4.69) is 15.5 Å². The molecule has 0 bridgehead atoms. The zero-order chi connectivity index (χ0) is 21.8. The number of hydrogen-bond acceptors (Lipinski definition) is 8. The molecule has 1 aromatic carbocycles. The normalized spacial score (nSPS) is 13.9. The summed E-state index contributed by atoms with van der Waals surface area (Å²) < 4.78 is 17.2. The summed E-state index contributed by atoms with van der Waals surface area (Å²) in [4.78, 5) is 26.7. The number of aryl methyl sites for hydroxylation is 1. The van der Waals surface area contributed by atoms with Gasteiger partial charge in [-0.15, -0.1) is 5.10 Å². The minimum Gasteiger partial charge on any atom is -0.455 e. The van der Waals surface area contributed by atoms with Crippen LogP contribution in [-0.2, 0) is 27.4 Å². The van der Waals surface area contributed by atoms with Crippen molar-refractivity contribution < 1.29 is 23.6 Å². The van der Waals surface area contributed by atoms with Crippen LogP contribution < -0.4 is 0 Å². The molecule has 1 saturated heterocycles. The number of hydrogen-bond donors (Lipinski definition) is 0. The summed E-state index contributed by atoms with van der Waals surface area (Å²) in [6, 6.07) is 7.01. The van der Waals surface area contributed by atoms with Gasteiger partial charge in [0.2, 0.25) is 5.91 Å². The maximum absolute atomic E-state index is 12.7. The van der Waals surface area contributed by atoms with Gasteiger partial charge in [0.1, 0.15) is 35.9 Å². The summed E-state index contributed by atoms with van der Waals surface area (Å²) in [5.41, 5.74) is 1.49. The molecule has 3 heterocycles. The smallest absolute Gasteiger partial charge is 0.344 e. The number of amides is 1. The van der Waals surface area contributed by atoms with Crippen molar-refractivity contribution in [3.05, 3.63) is 52.5 Å². The van der Waals surface area contributed by atoms with Crippen LogP contribution in [-0.4, -0.2) is 63.2 Å². The number of aromatic nitrogens is 4. The van der Waals surface area contributed by atoms with Crippen LogP contribution in [0.1, 0.15) is 21.8 Å². The second-order valence-electron chi connectivity index (χ2n) is 6.92. The number of ether oxygens (including phenoxy) is 2. The van der Waals surface area contributed by atoms with Crippen molar-refractivity contribution in [2.24, 2.45) is 0 Å². The molecule has 1 fully saturated rings. The maximum atomic E-state index is 12.7. The molecular formula is C20H20ClN5O5. The Morgan fingerprint density at radius 3 is 2.77 bits per heavy atom. The lowest BCUT2D eigenvalue weighted by atomic mass is 10.1. The van der Waals surface area contributed by atoms with Crippen molar-refractivity contribution in [3.8, 4) is 11.3 Å². The van der Waals surface area contributed by atoms with E-state index < -0.39 is 5.97 Å². The maximum Gasteiger partial charge on any atom is 0.344 e. The summed E-state index contributed by atoms with van der Waals surface area (Å²) >= 11 is 6.23. The predicted molar refractivity (Wildman–Crippen MR) is 108 cm³/mol. The summed E-state index contributed by atoms with van der Waals surface area (Å²) in [5, 5.41) is 12.3. The molecule has 10 nitrogen and oxygen atoms in total. The first kappa shape index (κ1) is 21.0. The lowest BCUT2D eigenvalue weighted by Gasteiger charge is -2.26. The van der Waals surface area contributed by atoms with E-state index in [0.717, 1.165) is 0 Å². The zero-order valence-electron chi connectivity index (χ0n) is 16.8. The first-order valence-corrected chi connectivity index (χ1v) is 10.0. The Balaban J connectivity index is 1.39. The van der Waals surface area contributed by atoms with Gasteiger partial charge in [0.15, 0.2) is 0 Å². The summed E-state index contributed by atoms with van der Waals surface area (Å²) in [5.74, 6) is -0.367. The van der Waals surface area contributed by atoms with E-state index in [9.17, 15) is 9.59 Å². The van der Waals surface area contributed by atoms with E-state index in [1.165, 1.54) is 4.68 Å². The van der Waals surface area contributed by atoms with E-state index in [0.29, 0.717) is 54.0 Å².